The third kappa shape index (κ3) is 5.80. The van der Waals surface area contributed by atoms with E-state index in [9.17, 15) is 18.0 Å². The summed E-state index contributed by atoms with van der Waals surface area (Å²) in [6.45, 7) is 3.28. The fourth-order valence-electron chi connectivity index (χ4n) is 2.74. The first-order valence-electron chi connectivity index (χ1n) is 9.41. The predicted molar refractivity (Wildman–Crippen MR) is 114 cm³/mol. The van der Waals surface area contributed by atoms with Crippen LogP contribution in [0.25, 0.3) is 0 Å². The third-order valence-electron chi connectivity index (χ3n) is 4.61. The molecule has 8 nitrogen and oxygen atoms in total. The van der Waals surface area contributed by atoms with Crippen molar-refractivity contribution in [2.24, 2.45) is 0 Å². The normalized spacial score (nSPS) is 11.2. The van der Waals surface area contributed by atoms with E-state index in [0.717, 1.165) is 11.1 Å². The molecule has 9 heteroatoms. The van der Waals surface area contributed by atoms with Crippen LogP contribution < -0.4 is 10.0 Å². The molecule has 0 saturated heterocycles. The summed E-state index contributed by atoms with van der Waals surface area (Å²) in [7, 11) is -3.87. The smallest absolute Gasteiger partial charge is 0.338 e. The second kappa shape index (κ2) is 9.59. The molecule has 0 aliphatic heterocycles. The summed E-state index contributed by atoms with van der Waals surface area (Å²) in [5.74, 6) is -0.848. The Morgan fingerprint density at radius 1 is 1.03 bits per heavy atom. The lowest BCUT2D eigenvalue weighted by Gasteiger charge is -2.11. The maximum atomic E-state index is 12.5. The van der Waals surface area contributed by atoms with Gasteiger partial charge in [0.2, 0.25) is 10.0 Å². The van der Waals surface area contributed by atoms with E-state index in [-0.39, 0.29) is 17.0 Å². The Kier molecular flexibility index (Phi) is 6.88. The van der Waals surface area contributed by atoms with Crippen LogP contribution in [0, 0.1) is 13.8 Å². The Labute approximate surface area is 180 Å². The number of carbonyl (C=O) groups is 2. The number of amides is 1. The molecular formula is C22H22N2O6S. The average Bonchev–Trinajstić information content (AvgIpc) is 3.28. The van der Waals surface area contributed by atoms with Crippen LogP contribution in [0.4, 0.5) is 5.69 Å². The number of sulfonamides is 1. The molecule has 1 amide bonds. The van der Waals surface area contributed by atoms with E-state index >= 15 is 0 Å². The van der Waals surface area contributed by atoms with E-state index in [0.29, 0.717) is 11.4 Å². The molecule has 0 unspecified atom stereocenters. The standard InChI is InChI=1S/C22H22N2O6S/c1-15-6-3-10-20(16(15)2)24-21(25)14-30-22(26)17-7-4-9-19(12-17)31(27,28)23-13-18-8-5-11-29-18/h3-12,23H,13-14H2,1-2H3,(H,24,25). The molecule has 0 aliphatic carbocycles. The van der Waals surface area contributed by atoms with Gasteiger partial charge in [0.1, 0.15) is 5.76 Å². The van der Waals surface area contributed by atoms with Crippen molar-refractivity contribution in [3.63, 3.8) is 0 Å². The number of benzene rings is 2. The molecule has 0 saturated carbocycles. The molecule has 3 rings (SSSR count). The SMILES string of the molecule is Cc1cccc(NC(=O)COC(=O)c2cccc(S(=O)(=O)NCc3ccco3)c2)c1C. The number of anilines is 1. The fraction of sp³-hybridized carbons (Fsp3) is 0.182. The summed E-state index contributed by atoms with van der Waals surface area (Å²) in [5.41, 5.74) is 2.59. The van der Waals surface area contributed by atoms with Crippen molar-refractivity contribution in [1.82, 2.24) is 4.72 Å². The molecule has 0 fully saturated rings. The quantitative estimate of drug-likeness (QED) is 0.518. The number of esters is 1. The van der Waals surface area contributed by atoms with Gasteiger partial charge in [-0.05, 0) is 61.4 Å². The first-order chi connectivity index (χ1) is 14.8. The minimum absolute atomic E-state index is 0.0143. The zero-order chi connectivity index (χ0) is 22.4. The van der Waals surface area contributed by atoms with Crippen LogP contribution in [0.1, 0.15) is 27.2 Å². The number of rotatable bonds is 8. The van der Waals surface area contributed by atoms with Gasteiger partial charge in [0, 0.05) is 5.69 Å². The maximum Gasteiger partial charge on any atom is 0.338 e. The van der Waals surface area contributed by atoms with E-state index in [2.05, 4.69) is 10.0 Å². The highest BCUT2D eigenvalue weighted by Crippen LogP contribution is 2.18. The summed E-state index contributed by atoms with van der Waals surface area (Å²) in [5, 5.41) is 2.69. The number of furan rings is 1. The van der Waals surface area contributed by atoms with E-state index in [1.165, 1.54) is 30.5 Å². The van der Waals surface area contributed by atoms with Crippen molar-refractivity contribution in [2.75, 3.05) is 11.9 Å². The van der Waals surface area contributed by atoms with Crippen LogP contribution >= 0.6 is 0 Å². The molecule has 0 radical (unpaired) electrons. The maximum absolute atomic E-state index is 12.5. The van der Waals surface area contributed by atoms with Crippen molar-refractivity contribution in [1.29, 1.82) is 0 Å². The largest absolute Gasteiger partial charge is 0.468 e. The zero-order valence-electron chi connectivity index (χ0n) is 17.0. The molecule has 1 heterocycles. The fourth-order valence-corrected chi connectivity index (χ4v) is 3.78. The van der Waals surface area contributed by atoms with E-state index in [1.807, 2.05) is 26.0 Å². The summed E-state index contributed by atoms with van der Waals surface area (Å²) in [4.78, 5) is 24.3. The number of hydrogen-bond donors (Lipinski definition) is 2. The first-order valence-corrected chi connectivity index (χ1v) is 10.9. The van der Waals surface area contributed by atoms with Gasteiger partial charge in [0.05, 0.1) is 23.3 Å². The molecule has 1 aromatic heterocycles. The summed E-state index contributed by atoms with van der Waals surface area (Å²) >= 11 is 0. The predicted octanol–water partition coefficient (Wildman–Crippen LogP) is 3.17. The summed E-state index contributed by atoms with van der Waals surface area (Å²) in [6.07, 6.45) is 1.44. The Morgan fingerprint density at radius 3 is 2.55 bits per heavy atom. The molecule has 0 bridgehead atoms. The molecule has 0 spiro atoms. The van der Waals surface area contributed by atoms with Crippen molar-refractivity contribution in [3.05, 3.63) is 83.3 Å². The zero-order valence-corrected chi connectivity index (χ0v) is 17.9. The molecule has 2 aromatic carbocycles. The lowest BCUT2D eigenvalue weighted by atomic mass is 10.1. The van der Waals surface area contributed by atoms with Gasteiger partial charge in [0.25, 0.3) is 5.91 Å². The van der Waals surface area contributed by atoms with Gasteiger partial charge in [-0.15, -0.1) is 0 Å². The lowest BCUT2D eigenvalue weighted by molar-refractivity contribution is -0.119. The molecule has 162 valence electrons. The minimum Gasteiger partial charge on any atom is -0.468 e. The van der Waals surface area contributed by atoms with Crippen LogP contribution in [0.5, 0.6) is 0 Å². The van der Waals surface area contributed by atoms with Crippen molar-refractivity contribution in [2.45, 2.75) is 25.3 Å². The third-order valence-corrected chi connectivity index (χ3v) is 6.01. The van der Waals surface area contributed by atoms with Gasteiger partial charge in [-0.3, -0.25) is 4.79 Å². The summed E-state index contributed by atoms with van der Waals surface area (Å²) in [6, 6.07) is 14.2. The Morgan fingerprint density at radius 2 is 1.81 bits per heavy atom. The number of ether oxygens (including phenoxy) is 1. The van der Waals surface area contributed by atoms with Crippen LogP contribution in [-0.4, -0.2) is 26.9 Å². The van der Waals surface area contributed by atoms with Gasteiger partial charge >= 0.3 is 5.97 Å². The van der Waals surface area contributed by atoms with E-state index in [1.54, 1.807) is 18.2 Å². The second-order valence-corrected chi connectivity index (χ2v) is 8.57. The van der Waals surface area contributed by atoms with Crippen LogP contribution in [0.15, 0.2) is 70.2 Å². The van der Waals surface area contributed by atoms with E-state index < -0.39 is 28.5 Å². The van der Waals surface area contributed by atoms with Gasteiger partial charge in [0.15, 0.2) is 6.61 Å². The highest BCUT2D eigenvalue weighted by Gasteiger charge is 2.18. The molecule has 2 N–H and O–H groups in total. The topological polar surface area (TPSA) is 115 Å². The van der Waals surface area contributed by atoms with Gasteiger partial charge in [-0.25, -0.2) is 17.9 Å². The summed E-state index contributed by atoms with van der Waals surface area (Å²) < 4.78 is 37.5. The van der Waals surface area contributed by atoms with Gasteiger partial charge < -0.3 is 14.5 Å². The molecule has 0 atom stereocenters. The van der Waals surface area contributed by atoms with Crippen LogP contribution in [0.2, 0.25) is 0 Å². The Bertz CT molecular complexity index is 1190. The molecule has 31 heavy (non-hydrogen) atoms. The first kappa shape index (κ1) is 22.3. The highest BCUT2D eigenvalue weighted by atomic mass is 32.2. The van der Waals surface area contributed by atoms with Gasteiger partial charge in [-0.1, -0.05) is 18.2 Å². The Balaban J connectivity index is 1.60. The average molecular weight is 442 g/mol. The van der Waals surface area contributed by atoms with E-state index in [4.69, 9.17) is 9.15 Å². The van der Waals surface area contributed by atoms with Gasteiger partial charge in [-0.2, -0.15) is 0 Å². The van der Waals surface area contributed by atoms with Crippen molar-refractivity contribution in [3.8, 4) is 0 Å². The van der Waals surface area contributed by atoms with Crippen LogP contribution in [-0.2, 0) is 26.1 Å². The number of aryl methyl sites for hydroxylation is 1. The van der Waals surface area contributed by atoms with Crippen molar-refractivity contribution >= 4 is 27.6 Å². The number of nitrogens with one attached hydrogen (secondary N) is 2. The molecule has 0 aliphatic rings. The minimum atomic E-state index is -3.87. The second-order valence-electron chi connectivity index (χ2n) is 6.80. The lowest BCUT2D eigenvalue weighted by Crippen LogP contribution is -2.24. The Hall–Kier alpha value is -3.43. The molecule has 3 aromatic rings. The van der Waals surface area contributed by atoms with Crippen LogP contribution in [0.3, 0.4) is 0 Å². The highest BCUT2D eigenvalue weighted by molar-refractivity contribution is 7.89. The monoisotopic (exact) mass is 442 g/mol. The number of hydrogen-bond acceptors (Lipinski definition) is 6. The molecular weight excluding hydrogens is 420 g/mol. The van der Waals surface area contributed by atoms with Crippen molar-refractivity contribution < 1.29 is 27.2 Å². The number of carbonyl (C=O) groups excluding carboxylic acids is 2.